The van der Waals surface area contributed by atoms with Gasteiger partial charge in [0.1, 0.15) is 4.60 Å². The van der Waals surface area contributed by atoms with Crippen LogP contribution < -0.4 is 0 Å². The fraction of sp³-hybridized carbons (Fsp3) is 0.182. The summed E-state index contributed by atoms with van der Waals surface area (Å²) in [6, 6.07) is 9.87. The summed E-state index contributed by atoms with van der Waals surface area (Å²) in [7, 11) is 0. The van der Waals surface area contributed by atoms with E-state index in [0.717, 1.165) is 15.9 Å². The molecule has 1 aromatic heterocycles. The van der Waals surface area contributed by atoms with E-state index >= 15 is 0 Å². The number of aliphatic hydroxyl groups excluding tert-OH is 1. The van der Waals surface area contributed by atoms with Crippen molar-refractivity contribution in [2.45, 2.75) is 6.42 Å². The molecule has 0 unspecified atom stereocenters. The first-order valence-electron chi connectivity index (χ1n) is 4.71. The van der Waals surface area contributed by atoms with E-state index in [1.807, 2.05) is 35.0 Å². The topological polar surface area (TPSA) is 38.0 Å². The van der Waals surface area contributed by atoms with Crippen LogP contribution in [0.25, 0.3) is 5.69 Å². The van der Waals surface area contributed by atoms with E-state index < -0.39 is 0 Å². The van der Waals surface area contributed by atoms with Crippen LogP contribution in [-0.2, 0) is 6.42 Å². The minimum atomic E-state index is 0.185. The summed E-state index contributed by atoms with van der Waals surface area (Å²) < 4.78 is 2.74. The molecule has 0 bridgehead atoms. The predicted octanol–water partition coefficient (Wildman–Crippen LogP) is 2.17. The van der Waals surface area contributed by atoms with Crippen molar-refractivity contribution in [3.05, 3.63) is 46.7 Å². The van der Waals surface area contributed by atoms with Gasteiger partial charge in [-0.1, -0.05) is 12.1 Å². The summed E-state index contributed by atoms with van der Waals surface area (Å²) in [5, 5.41) is 13.0. The molecule has 0 aliphatic heterocycles. The fourth-order valence-electron chi connectivity index (χ4n) is 1.41. The Morgan fingerprint density at radius 3 is 2.47 bits per heavy atom. The maximum atomic E-state index is 8.79. The standard InChI is InChI=1S/C11H11BrN2O/c12-11-5-7-13-14(11)10-3-1-9(2-4-10)6-8-15/h1-5,7,15H,6,8H2. The molecular formula is C11H11BrN2O. The van der Waals surface area contributed by atoms with Gasteiger partial charge in [0.15, 0.2) is 0 Å². The van der Waals surface area contributed by atoms with Crippen LogP contribution in [0, 0.1) is 0 Å². The number of benzene rings is 1. The number of hydrogen-bond acceptors (Lipinski definition) is 2. The number of hydrogen-bond donors (Lipinski definition) is 1. The van der Waals surface area contributed by atoms with Gasteiger partial charge in [-0.05, 0) is 46.1 Å². The summed E-state index contributed by atoms with van der Waals surface area (Å²) >= 11 is 3.41. The summed E-state index contributed by atoms with van der Waals surface area (Å²) in [5.74, 6) is 0. The second-order valence-electron chi connectivity index (χ2n) is 3.21. The smallest absolute Gasteiger partial charge is 0.109 e. The van der Waals surface area contributed by atoms with Crippen molar-refractivity contribution < 1.29 is 5.11 Å². The normalized spacial score (nSPS) is 10.5. The largest absolute Gasteiger partial charge is 0.396 e. The Morgan fingerprint density at radius 1 is 1.20 bits per heavy atom. The molecule has 0 spiro atoms. The van der Waals surface area contributed by atoms with Gasteiger partial charge in [0.25, 0.3) is 0 Å². The number of rotatable bonds is 3. The molecule has 0 aliphatic rings. The lowest BCUT2D eigenvalue weighted by atomic mass is 10.1. The fourth-order valence-corrected chi connectivity index (χ4v) is 1.82. The highest BCUT2D eigenvalue weighted by Crippen LogP contribution is 2.15. The summed E-state index contributed by atoms with van der Waals surface area (Å²) in [5.41, 5.74) is 2.14. The number of aromatic nitrogens is 2. The highest BCUT2D eigenvalue weighted by atomic mass is 79.9. The zero-order chi connectivity index (χ0) is 10.7. The Balaban J connectivity index is 2.28. The van der Waals surface area contributed by atoms with Crippen molar-refractivity contribution in [1.82, 2.24) is 9.78 Å². The molecule has 0 saturated heterocycles. The van der Waals surface area contributed by atoms with Gasteiger partial charge >= 0.3 is 0 Å². The Kier molecular flexibility index (Phi) is 3.18. The van der Waals surface area contributed by atoms with Crippen molar-refractivity contribution in [1.29, 1.82) is 0 Å². The van der Waals surface area contributed by atoms with Crippen LogP contribution in [-0.4, -0.2) is 21.5 Å². The zero-order valence-electron chi connectivity index (χ0n) is 8.10. The molecule has 0 aliphatic carbocycles. The number of nitrogens with zero attached hydrogens (tertiary/aromatic N) is 2. The van der Waals surface area contributed by atoms with Crippen LogP contribution in [0.1, 0.15) is 5.56 Å². The van der Waals surface area contributed by atoms with E-state index in [2.05, 4.69) is 21.0 Å². The van der Waals surface area contributed by atoms with Gasteiger partial charge in [-0.3, -0.25) is 0 Å². The molecule has 1 heterocycles. The molecule has 15 heavy (non-hydrogen) atoms. The third-order valence-electron chi connectivity index (χ3n) is 2.18. The summed E-state index contributed by atoms with van der Waals surface area (Å²) in [6.07, 6.45) is 2.44. The molecule has 4 heteroatoms. The quantitative estimate of drug-likeness (QED) is 0.925. The van der Waals surface area contributed by atoms with E-state index in [9.17, 15) is 0 Å². The van der Waals surface area contributed by atoms with Crippen molar-refractivity contribution in [3.8, 4) is 5.69 Å². The first-order chi connectivity index (χ1) is 7.31. The predicted molar refractivity (Wildman–Crippen MR) is 62.1 cm³/mol. The van der Waals surface area contributed by atoms with Gasteiger partial charge in [-0.2, -0.15) is 5.10 Å². The van der Waals surface area contributed by atoms with Gasteiger partial charge in [0.05, 0.1) is 11.9 Å². The van der Waals surface area contributed by atoms with Crippen LogP contribution in [0.15, 0.2) is 41.1 Å². The van der Waals surface area contributed by atoms with Gasteiger partial charge in [0.2, 0.25) is 0 Å². The zero-order valence-corrected chi connectivity index (χ0v) is 9.68. The van der Waals surface area contributed by atoms with E-state index in [1.54, 1.807) is 6.20 Å². The molecular weight excluding hydrogens is 256 g/mol. The second-order valence-corrected chi connectivity index (χ2v) is 4.02. The highest BCUT2D eigenvalue weighted by molar-refractivity contribution is 9.10. The third kappa shape index (κ3) is 2.27. The maximum Gasteiger partial charge on any atom is 0.109 e. The average molecular weight is 267 g/mol. The van der Waals surface area contributed by atoms with Crippen LogP contribution in [0.5, 0.6) is 0 Å². The molecule has 78 valence electrons. The number of halogens is 1. The lowest BCUT2D eigenvalue weighted by molar-refractivity contribution is 0.299. The molecule has 2 rings (SSSR count). The van der Waals surface area contributed by atoms with Crippen LogP contribution >= 0.6 is 15.9 Å². The molecule has 3 nitrogen and oxygen atoms in total. The van der Waals surface area contributed by atoms with Crippen LogP contribution in [0.3, 0.4) is 0 Å². The SMILES string of the molecule is OCCc1ccc(-n2nccc2Br)cc1. The Hall–Kier alpha value is -1.13. The molecule has 0 fully saturated rings. The first kappa shape index (κ1) is 10.4. The Morgan fingerprint density at radius 2 is 1.93 bits per heavy atom. The van der Waals surface area contributed by atoms with Gasteiger partial charge in [-0.25, -0.2) is 4.68 Å². The summed E-state index contributed by atoms with van der Waals surface area (Å²) in [6.45, 7) is 0.185. The van der Waals surface area contributed by atoms with Crippen molar-refractivity contribution >= 4 is 15.9 Å². The Labute approximate surface area is 96.5 Å². The maximum absolute atomic E-state index is 8.79. The molecule has 1 N–H and O–H groups in total. The van der Waals surface area contributed by atoms with E-state index in [-0.39, 0.29) is 6.61 Å². The van der Waals surface area contributed by atoms with E-state index in [1.165, 1.54) is 0 Å². The van der Waals surface area contributed by atoms with Crippen LogP contribution in [0.4, 0.5) is 0 Å². The molecule has 0 saturated carbocycles. The van der Waals surface area contributed by atoms with Crippen LogP contribution in [0.2, 0.25) is 0 Å². The summed E-state index contributed by atoms with van der Waals surface area (Å²) in [4.78, 5) is 0. The van der Waals surface area contributed by atoms with E-state index in [4.69, 9.17) is 5.11 Å². The number of aliphatic hydroxyl groups is 1. The minimum absolute atomic E-state index is 0.185. The average Bonchev–Trinajstić information content (AvgIpc) is 2.66. The minimum Gasteiger partial charge on any atom is -0.396 e. The molecule has 0 atom stereocenters. The highest BCUT2D eigenvalue weighted by Gasteiger charge is 2.01. The van der Waals surface area contributed by atoms with Crippen molar-refractivity contribution in [2.75, 3.05) is 6.61 Å². The third-order valence-corrected chi connectivity index (χ3v) is 2.78. The lowest BCUT2D eigenvalue weighted by Gasteiger charge is -2.04. The molecule has 2 aromatic rings. The van der Waals surface area contributed by atoms with Crippen molar-refractivity contribution in [3.63, 3.8) is 0 Å². The second kappa shape index (κ2) is 4.59. The van der Waals surface area contributed by atoms with E-state index in [0.29, 0.717) is 6.42 Å². The first-order valence-corrected chi connectivity index (χ1v) is 5.50. The monoisotopic (exact) mass is 266 g/mol. The Bertz CT molecular complexity index is 436. The lowest BCUT2D eigenvalue weighted by Crippen LogP contribution is -1.97. The molecule has 0 radical (unpaired) electrons. The molecule has 0 amide bonds. The van der Waals surface area contributed by atoms with Gasteiger partial charge in [0, 0.05) is 6.61 Å². The van der Waals surface area contributed by atoms with Crippen molar-refractivity contribution in [2.24, 2.45) is 0 Å². The van der Waals surface area contributed by atoms with Gasteiger partial charge in [-0.15, -0.1) is 0 Å². The van der Waals surface area contributed by atoms with Gasteiger partial charge < -0.3 is 5.11 Å². The molecule has 1 aromatic carbocycles.